The van der Waals surface area contributed by atoms with Crippen molar-refractivity contribution in [2.45, 2.75) is 0 Å². The number of carbonyl (C=O) groups is 3. The molecule has 0 unspecified atom stereocenters. The predicted molar refractivity (Wildman–Crippen MR) is 106 cm³/mol. The molecule has 0 radical (unpaired) electrons. The molecule has 0 saturated carbocycles. The molecule has 1 aliphatic rings. The minimum absolute atomic E-state index is 0.360. The zero-order valence-electron chi connectivity index (χ0n) is 15.1. The number of amides is 3. The topological polar surface area (TPSA) is 103 Å². The van der Waals surface area contributed by atoms with Gasteiger partial charge >= 0.3 is 12.0 Å². The Labute approximate surface area is 171 Å². The average molecular weight is 417 g/mol. The summed E-state index contributed by atoms with van der Waals surface area (Å²) >= 11 is 6.13. The number of carbonyl (C=O) groups excluding carboxylic acids is 3. The van der Waals surface area contributed by atoms with Crippen molar-refractivity contribution in [2.75, 3.05) is 25.1 Å². The lowest BCUT2D eigenvalue weighted by Crippen LogP contribution is -2.37. The Morgan fingerprint density at radius 2 is 1.86 bits per heavy atom. The summed E-state index contributed by atoms with van der Waals surface area (Å²) in [6.07, 6.45) is 2.60. The summed E-state index contributed by atoms with van der Waals surface area (Å²) in [5.74, 6) is -0.569. The Morgan fingerprint density at radius 1 is 1.10 bits per heavy atom. The van der Waals surface area contributed by atoms with E-state index in [1.807, 2.05) is 0 Å². The van der Waals surface area contributed by atoms with E-state index in [1.165, 1.54) is 6.08 Å². The van der Waals surface area contributed by atoms with Gasteiger partial charge in [-0.3, -0.25) is 10.1 Å². The van der Waals surface area contributed by atoms with Crippen LogP contribution < -0.4 is 20.1 Å². The number of fused-ring (bicyclic) bond motifs is 1. The molecule has 0 atom stereocenters. The molecule has 3 amide bonds. The number of benzene rings is 2. The molecule has 1 heterocycles. The molecule has 0 saturated heterocycles. The Kier molecular flexibility index (Phi) is 6.70. The fourth-order valence-electron chi connectivity index (χ4n) is 2.42. The molecule has 2 aromatic carbocycles. The van der Waals surface area contributed by atoms with Gasteiger partial charge in [-0.05, 0) is 35.9 Å². The SMILES string of the molecule is O=C(COC(=O)/C=C/c1cc(Cl)c2c(c1)OCCO2)NC(=O)Nc1ccccc1. The Hall–Kier alpha value is -3.52. The van der Waals surface area contributed by atoms with Crippen molar-refractivity contribution in [3.05, 3.63) is 59.1 Å². The number of hydrogen-bond acceptors (Lipinski definition) is 6. The van der Waals surface area contributed by atoms with E-state index < -0.39 is 24.5 Å². The maximum atomic E-state index is 11.8. The quantitative estimate of drug-likeness (QED) is 0.573. The van der Waals surface area contributed by atoms with Gasteiger partial charge in [0.15, 0.2) is 18.1 Å². The Balaban J connectivity index is 1.46. The third-order valence-corrected chi connectivity index (χ3v) is 3.94. The molecule has 3 rings (SSSR count). The van der Waals surface area contributed by atoms with Crippen LogP contribution in [0.3, 0.4) is 0 Å². The lowest BCUT2D eigenvalue weighted by Gasteiger charge is -2.19. The van der Waals surface area contributed by atoms with Crippen molar-refractivity contribution in [2.24, 2.45) is 0 Å². The largest absolute Gasteiger partial charge is 0.486 e. The van der Waals surface area contributed by atoms with Crippen LogP contribution in [0.1, 0.15) is 5.56 Å². The second-order valence-electron chi connectivity index (χ2n) is 5.84. The Bertz CT molecular complexity index is 945. The summed E-state index contributed by atoms with van der Waals surface area (Å²) in [6, 6.07) is 11.2. The van der Waals surface area contributed by atoms with Crippen molar-refractivity contribution in [1.29, 1.82) is 0 Å². The molecule has 0 fully saturated rings. The number of nitrogens with one attached hydrogen (secondary N) is 2. The smallest absolute Gasteiger partial charge is 0.331 e. The van der Waals surface area contributed by atoms with E-state index in [9.17, 15) is 14.4 Å². The lowest BCUT2D eigenvalue weighted by atomic mass is 10.2. The van der Waals surface area contributed by atoms with Gasteiger partial charge in [0.05, 0.1) is 5.02 Å². The number of anilines is 1. The highest BCUT2D eigenvalue weighted by atomic mass is 35.5. The second-order valence-corrected chi connectivity index (χ2v) is 6.24. The Morgan fingerprint density at radius 3 is 2.66 bits per heavy atom. The molecule has 0 spiro atoms. The summed E-state index contributed by atoms with van der Waals surface area (Å²) in [7, 11) is 0. The van der Waals surface area contributed by atoms with Crippen LogP contribution in [-0.4, -0.2) is 37.7 Å². The average Bonchev–Trinajstić information content (AvgIpc) is 2.71. The van der Waals surface area contributed by atoms with E-state index in [-0.39, 0.29) is 0 Å². The van der Waals surface area contributed by atoms with E-state index in [0.717, 1.165) is 6.08 Å². The highest BCUT2D eigenvalue weighted by Crippen LogP contribution is 2.38. The summed E-state index contributed by atoms with van der Waals surface area (Å²) in [5.41, 5.74) is 1.12. The normalized spacial score (nSPS) is 12.3. The third kappa shape index (κ3) is 5.98. The monoisotopic (exact) mass is 416 g/mol. The van der Waals surface area contributed by atoms with Crippen LogP contribution in [0.5, 0.6) is 11.5 Å². The second kappa shape index (κ2) is 9.61. The summed E-state index contributed by atoms with van der Waals surface area (Å²) in [4.78, 5) is 35.2. The van der Waals surface area contributed by atoms with Gasteiger partial charge in [0.25, 0.3) is 5.91 Å². The number of ether oxygens (including phenoxy) is 3. The molecule has 0 bridgehead atoms. The van der Waals surface area contributed by atoms with Gasteiger partial charge in [-0.2, -0.15) is 0 Å². The zero-order chi connectivity index (χ0) is 20.6. The number of rotatable bonds is 5. The molecule has 8 nitrogen and oxygen atoms in total. The van der Waals surface area contributed by atoms with Crippen LogP contribution in [0.25, 0.3) is 6.08 Å². The van der Waals surface area contributed by atoms with Gasteiger partial charge in [0.1, 0.15) is 13.2 Å². The molecule has 9 heteroatoms. The molecule has 1 aliphatic heterocycles. The van der Waals surface area contributed by atoms with E-state index >= 15 is 0 Å². The van der Waals surface area contributed by atoms with E-state index in [1.54, 1.807) is 42.5 Å². The van der Waals surface area contributed by atoms with Crippen molar-refractivity contribution >= 4 is 41.3 Å². The standard InChI is InChI=1S/C20H17ClN2O6/c21-15-10-13(11-16-19(15)28-9-8-27-16)6-7-18(25)29-12-17(24)23-20(26)22-14-4-2-1-3-5-14/h1-7,10-11H,8-9,12H2,(H2,22,23,24,26)/b7-6+. The van der Waals surface area contributed by atoms with Gasteiger partial charge in [-0.15, -0.1) is 0 Å². The third-order valence-electron chi connectivity index (χ3n) is 3.66. The molecule has 0 aromatic heterocycles. The van der Waals surface area contributed by atoms with E-state index in [0.29, 0.717) is 41.0 Å². The number of imide groups is 1. The van der Waals surface area contributed by atoms with Crippen LogP contribution in [0.2, 0.25) is 5.02 Å². The van der Waals surface area contributed by atoms with Gasteiger partial charge in [0, 0.05) is 11.8 Å². The predicted octanol–water partition coefficient (Wildman–Crippen LogP) is 3.02. The van der Waals surface area contributed by atoms with E-state index in [4.69, 9.17) is 25.8 Å². The minimum Gasteiger partial charge on any atom is -0.486 e. The first-order valence-corrected chi connectivity index (χ1v) is 8.99. The van der Waals surface area contributed by atoms with Crippen molar-refractivity contribution in [3.8, 4) is 11.5 Å². The number of urea groups is 1. The van der Waals surface area contributed by atoms with Crippen LogP contribution >= 0.6 is 11.6 Å². The maximum Gasteiger partial charge on any atom is 0.331 e. The summed E-state index contributed by atoms with van der Waals surface area (Å²) in [5, 5.41) is 4.90. The molecule has 150 valence electrons. The number of esters is 1. The molecule has 0 aliphatic carbocycles. The molecule has 29 heavy (non-hydrogen) atoms. The first kappa shape index (κ1) is 20.2. The maximum absolute atomic E-state index is 11.8. The van der Waals surface area contributed by atoms with Crippen LogP contribution in [0.4, 0.5) is 10.5 Å². The summed E-state index contributed by atoms with van der Waals surface area (Å²) < 4.78 is 15.7. The fraction of sp³-hybridized carbons (Fsp3) is 0.150. The first-order chi connectivity index (χ1) is 14.0. The van der Waals surface area contributed by atoms with Crippen LogP contribution in [0, 0.1) is 0 Å². The van der Waals surface area contributed by atoms with Crippen molar-refractivity contribution in [3.63, 3.8) is 0 Å². The van der Waals surface area contributed by atoms with Crippen molar-refractivity contribution in [1.82, 2.24) is 5.32 Å². The van der Waals surface area contributed by atoms with Gasteiger partial charge < -0.3 is 19.5 Å². The number of halogens is 1. The highest BCUT2D eigenvalue weighted by Gasteiger charge is 2.16. The number of para-hydroxylation sites is 1. The van der Waals surface area contributed by atoms with Crippen molar-refractivity contribution < 1.29 is 28.6 Å². The molecular formula is C20H17ClN2O6. The highest BCUT2D eigenvalue weighted by molar-refractivity contribution is 6.32. The summed E-state index contributed by atoms with van der Waals surface area (Å²) in [6.45, 7) is 0.221. The minimum atomic E-state index is -0.762. The fourth-order valence-corrected chi connectivity index (χ4v) is 2.70. The van der Waals surface area contributed by atoms with Gasteiger partial charge in [0.2, 0.25) is 0 Å². The molecule has 2 N–H and O–H groups in total. The van der Waals surface area contributed by atoms with E-state index in [2.05, 4.69) is 10.6 Å². The molecular weight excluding hydrogens is 400 g/mol. The first-order valence-electron chi connectivity index (χ1n) is 8.61. The number of hydrogen-bond donors (Lipinski definition) is 2. The zero-order valence-corrected chi connectivity index (χ0v) is 15.9. The van der Waals surface area contributed by atoms with Crippen LogP contribution in [0.15, 0.2) is 48.5 Å². The van der Waals surface area contributed by atoms with Crippen LogP contribution in [-0.2, 0) is 14.3 Å². The van der Waals surface area contributed by atoms with Gasteiger partial charge in [-0.1, -0.05) is 29.8 Å². The lowest BCUT2D eigenvalue weighted by molar-refractivity contribution is -0.143. The molecule has 2 aromatic rings. The van der Waals surface area contributed by atoms with Gasteiger partial charge in [-0.25, -0.2) is 9.59 Å².